The maximum atomic E-state index is 14.7. The second kappa shape index (κ2) is 49.5. The molecule has 0 aliphatic carbocycles. The number of aryl methyl sites for hydroxylation is 8. The van der Waals surface area contributed by atoms with Crippen molar-refractivity contribution in [2.24, 2.45) is 0 Å². The number of benzene rings is 10. The van der Waals surface area contributed by atoms with Crippen molar-refractivity contribution >= 4 is 0 Å². The number of hydrogen-bond donors (Lipinski definition) is 0. The minimum atomic E-state index is -0.707. The molecule has 4 fully saturated rings. The summed E-state index contributed by atoms with van der Waals surface area (Å²) in [6.07, 6.45) is 0. The van der Waals surface area contributed by atoms with E-state index in [1.54, 1.807) is 0 Å². The molecule has 0 spiro atoms. The van der Waals surface area contributed by atoms with Crippen LogP contribution in [0.4, 0.5) is 0 Å². The van der Waals surface area contributed by atoms with Gasteiger partial charge in [-0.1, -0.05) is 356 Å². The van der Waals surface area contributed by atoms with Crippen molar-refractivity contribution < 1.29 is 159 Å². The van der Waals surface area contributed by atoms with Crippen LogP contribution in [0.5, 0.6) is 46.0 Å². The van der Waals surface area contributed by atoms with Crippen molar-refractivity contribution in [3.63, 3.8) is 0 Å². The van der Waals surface area contributed by atoms with E-state index < -0.39 is 67.0 Å². The Bertz CT molecular complexity index is 4700. The molecule has 4 saturated heterocycles. The van der Waals surface area contributed by atoms with Crippen LogP contribution in [-0.4, -0.2) is 106 Å². The van der Waals surface area contributed by atoms with Gasteiger partial charge in [0.1, 0.15) is 0 Å². The molecular weight excluding hydrogens is 2160 g/mol. The summed E-state index contributed by atoms with van der Waals surface area (Å²) in [7, 11) is 0. The quantitative estimate of drug-likeness (QED) is 0.103. The van der Waals surface area contributed by atoms with Gasteiger partial charge in [0.05, 0.1) is 106 Å². The van der Waals surface area contributed by atoms with Crippen molar-refractivity contribution in [1.82, 2.24) is 0 Å². The van der Waals surface area contributed by atoms with Crippen molar-refractivity contribution in [2.75, 3.05) is 106 Å². The maximum absolute atomic E-state index is 14.7. The standard InChI is InChI=1S/2C52H66O4.4C4H8O2.2Th/c2*1-29-20-35(45(53)39(24-29)49(5,6)7)43(36-21-30(2)25-40(46(36)54)50(8,9)10)33-18-17-19-34(28-33)44(37-22-31(3)26-41(47(37)55)51(11,12)13)38-23-32(4)27-42(48(38)56)52(14,15)16;4*1-2-6-4-3-5-1;;/h2*17-28,43-44,53-56H,1-16H3;4*1-4H2;;/q;;;;;;2*+4/p-8. The molecule has 138 heavy (non-hydrogen) atoms. The van der Waals surface area contributed by atoms with Gasteiger partial charge in [-0.3, -0.25) is 0 Å². The molecule has 16 nitrogen and oxygen atoms in total. The molecule has 18 heteroatoms. The zero-order valence-electron chi connectivity index (χ0n) is 89.0. The predicted octanol–water partition coefficient (Wildman–Crippen LogP) is 21.7. The Kier molecular flexibility index (Phi) is 42.3. The van der Waals surface area contributed by atoms with Gasteiger partial charge in [-0.05, 0) is 210 Å². The van der Waals surface area contributed by atoms with Crippen molar-refractivity contribution in [1.29, 1.82) is 0 Å². The maximum Gasteiger partial charge on any atom is 4.00 e. The van der Waals surface area contributed by atoms with E-state index in [9.17, 15) is 40.9 Å². The normalized spacial score (nSPS) is 14.6. The SMILES string of the molecule is C1COCCO1.C1COCCO1.C1COCCO1.C1COCCO1.Cc1cc(C(c2cccc(C(c3cc(C)cc(C(C)(C)C)c3[O-])c3cc(C)cc(C(C)(C)C)c3[O-])c2)c2cc(C)cc(C(C)(C)C)c2[O-])c([O-])c(C(C)(C)C)c1.Cc1cc(C(c2cccc(C(c3cc(C)cc(C(C)(C)C)c3[O-])c3cc(C)cc(C(C)(C)C)c3[O-])c2)c2cc(C)cc(C(C)(C)C)c2[O-])c([O-])c(C(C)(C)C)c1.[Th+4].[Th+4]. The Balaban J connectivity index is 0.000000296. The molecule has 0 unspecified atom stereocenters. The third-order valence-electron chi connectivity index (χ3n) is 25.2. The number of hydrogen-bond acceptors (Lipinski definition) is 16. The molecule has 4 aliphatic rings. The summed E-state index contributed by atoms with van der Waals surface area (Å²) < 4.78 is 39.6. The van der Waals surface area contributed by atoms with Crippen LogP contribution >= 0.6 is 0 Å². The van der Waals surface area contributed by atoms with Crippen LogP contribution in [0.1, 0.15) is 346 Å². The molecule has 740 valence electrons. The molecule has 0 radical (unpaired) electrons. The molecule has 0 N–H and O–H groups in total. The topological polar surface area (TPSA) is 258 Å². The fourth-order valence-electron chi connectivity index (χ4n) is 18.3. The first-order chi connectivity index (χ1) is 63.2. The summed E-state index contributed by atoms with van der Waals surface area (Å²) >= 11 is 0. The van der Waals surface area contributed by atoms with E-state index in [-0.39, 0.29) is 126 Å². The summed E-state index contributed by atoms with van der Waals surface area (Å²) in [5.74, 6) is -3.50. The fraction of sp³-hybridized carbons (Fsp3) is 0.500. The second-order valence-corrected chi connectivity index (χ2v) is 45.8. The zero-order chi connectivity index (χ0) is 101. The predicted molar refractivity (Wildman–Crippen MR) is 538 cm³/mol. The smallest absolute Gasteiger partial charge is 0.872 e. The summed E-state index contributed by atoms with van der Waals surface area (Å²) in [4.78, 5) is 0. The van der Waals surface area contributed by atoms with Crippen LogP contribution in [-0.2, 0) is 81.2 Å². The van der Waals surface area contributed by atoms with Crippen molar-refractivity contribution in [2.45, 2.75) is 289 Å². The van der Waals surface area contributed by atoms with E-state index in [1.165, 1.54) is 0 Å². The Hall–Kier alpha value is -7.07. The molecule has 0 aromatic heterocycles. The van der Waals surface area contributed by atoms with Gasteiger partial charge in [0, 0.05) is 23.7 Å². The Morgan fingerprint density at radius 1 is 0.174 bits per heavy atom. The van der Waals surface area contributed by atoms with Crippen LogP contribution in [0.25, 0.3) is 0 Å². The zero-order valence-corrected chi connectivity index (χ0v) is 97.2. The number of ether oxygens (including phenoxy) is 8. The van der Waals surface area contributed by atoms with Crippen LogP contribution < -0.4 is 40.9 Å². The molecule has 0 bridgehead atoms. The van der Waals surface area contributed by atoms with Crippen molar-refractivity contribution in [3.8, 4) is 46.0 Å². The fourth-order valence-corrected chi connectivity index (χ4v) is 18.3. The summed E-state index contributed by atoms with van der Waals surface area (Å²) in [5, 5.41) is 118. The van der Waals surface area contributed by atoms with Gasteiger partial charge in [-0.2, -0.15) is 0 Å². The van der Waals surface area contributed by atoms with E-state index in [0.29, 0.717) is 89.0 Å². The van der Waals surface area contributed by atoms with Crippen molar-refractivity contribution in [3.05, 3.63) is 301 Å². The first-order valence-electron chi connectivity index (χ1n) is 48.6. The Labute approximate surface area is 891 Å². The van der Waals surface area contributed by atoms with Gasteiger partial charge >= 0.3 is 79.9 Å². The monoisotopic (exact) mass is 2320 g/mol. The molecule has 4 aliphatic heterocycles. The molecule has 10 aromatic carbocycles. The average Bonchev–Trinajstić information content (AvgIpc) is 0.689. The molecule has 0 saturated carbocycles. The first-order valence-corrected chi connectivity index (χ1v) is 48.6. The molecule has 10 aromatic rings. The summed E-state index contributed by atoms with van der Waals surface area (Å²) in [6, 6.07) is 47.0. The Morgan fingerprint density at radius 2 is 0.275 bits per heavy atom. The van der Waals surface area contributed by atoms with Crippen LogP contribution in [0.15, 0.2) is 146 Å². The third-order valence-corrected chi connectivity index (χ3v) is 25.2. The van der Waals surface area contributed by atoms with E-state index in [2.05, 4.69) is 0 Å². The molecule has 14 rings (SSSR count). The van der Waals surface area contributed by atoms with Crippen LogP contribution in [0, 0.1) is 135 Å². The minimum absolute atomic E-state index is 0. The summed E-state index contributed by atoms with van der Waals surface area (Å²) in [5.41, 5.74) is 16.9. The second-order valence-electron chi connectivity index (χ2n) is 45.8. The third kappa shape index (κ3) is 31.0. The minimum Gasteiger partial charge on any atom is -0.872 e. The van der Waals surface area contributed by atoms with Crippen LogP contribution in [0.3, 0.4) is 0 Å². The van der Waals surface area contributed by atoms with Crippen LogP contribution in [0.2, 0.25) is 0 Å². The number of rotatable bonds is 12. The van der Waals surface area contributed by atoms with Gasteiger partial charge < -0.3 is 78.7 Å². The van der Waals surface area contributed by atoms with E-state index in [1.807, 2.05) is 367 Å². The molecular formula is C120H156O16Th2. The average molecular weight is 2320 g/mol. The van der Waals surface area contributed by atoms with Gasteiger partial charge in [0.2, 0.25) is 0 Å². The van der Waals surface area contributed by atoms with Gasteiger partial charge in [0.15, 0.2) is 0 Å². The van der Waals surface area contributed by atoms with E-state index in [0.717, 1.165) is 172 Å². The first kappa shape index (κ1) is 118. The largest absolute Gasteiger partial charge is 4.00 e. The Morgan fingerprint density at radius 3 is 0.362 bits per heavy atom. The van der Waals surface area contributed by atoms with Gasteiger partial charge in [-0.25, -0.2) is 0 Å². The summed E-state index contributed by atoms with van der Waals surface area (Å²) in [6.45, 7) is 77.4. The van der Waals surface area contributed by atoms with E-state index in [4.69, 9.17) is 37.9 Å². The van der Waals surface area contributed by atoms with E-state index >= 15 is 0 Å². The molecule has 0 atom stereocenters. The van der Waals surface area contributed by atoms with Gasteiger partial charge in [-0.15, -0.1) is 46.0 Å². The molecule has 4 heterocycles. The van der Waals surface area contributed by atoms with Gasteiger partial charge in [0.25, 0.3) is 0 Å². The molecule has 0 amide bonds.